The van der Waals surface area contributed by atoms with Gasteiger partial charge in [0.1, 0.15) is 5.75 Å². The van der Waals surface area contributed by atoms with Crippen molar-refractivity contribution in [3.8, 4) is 5.75 Å². The fraction of sp³-hybridized carbons (Fsp3) is 0.538. The monoisotopic (exact) mass is 206 g/mol. The second-order valence-corrected chi connectivity index (χ2v) is 4.47. The molecule has 0 aliphatic heterocycles. The minimum Gasteiger partial charge on any atom is -0.493 e. The predicted octanol–water partition coefficient (Wildman–Crippen LogP) is 2.84. The quantitative estimate of drug-likeness (QED) is 0.820. The summed E-state index contributed by atoms with van der Waals surface area (Å²) in [5.41, 5.74) is 2.06. The van der Waals surface area contributed by atoms with Crippen molar-refractivity contribution >= 4 is 0 Å². The minimum absolute atomic E-state index is 0.459. The lowest BCUT2D eigenvalue weighted by Gasteiger charge is -2.13. The van der Waals surface area contributed by atoms with Crippen LogP contribution in [0.15, 0.2) is 18.2 Å². The van der Waals surface area contributed by atoms with E-state index in [9.17, 15) is 5.11 Å². The van der Waals surface area contributed by atoms with Gasteiger partial charge < -0.3 is 9.84 Å². The molecule has 0 aromatic heterocycles. The van der Waals surface area contributed by atoms with Crippen LogP contribution in [-0.4, -0.2) is 11.7 Å². The van der Waals surface area contributed by atoms with Crippen LogP contribution in [-0.2, 0) is 0 Å². The Bertz CT molecular complexity index is 340. The molecule has 0 bridgehead atoms. The molecule has 15 heavy (non-hydrogen) atoms. The van der Waals surface area contributed by atoms with Crippen LogP contribution >= 0.6 is 0 Å². The normalized spacial score (nSPS) is 17.5. The molecule has 0 unspecified atom stereocenters. The summed E-state index contributed by atoms with van der Waals surface area (Å²) in [6.45, 7) is 4.60. The zero-order valence-electron chi connectivity index (χ0n) is 9.36. The first-order valence-corrected chi connectivity index (χ1v) is 5.58. The van der Waals surface area contributed by atoms with Gasteiger partial charge >= 0.3 is 0 Å². The summed E-state index contributed by atoms with van der Waals surface area (Å²) in [6, 6.07) is 5.97. The number of aliphatic hydroxyl groups excluding tert-OH is 1. The second-order valence-electron chi connectivity index (χ2n) is 4.47. The zero-order chi connectivity index (χ0) is 10.8. The third kappa shape index (κ3) is 2.72. The topological polar surface area (TPSA) is 29.5 Å². The van der Waals surface area contributed by atoms with E-state index in [1.165, 1.54) is 12.8 Å². The number of benzene rings is 1. The highest BCUT2D eigenvalue weighted by atomic mass is 16.5. The molecule has 1 aromatic carbocycles. The first-order chi connectivity index (χ1) is 7.16. The average Bonchev–Trinajstić information content (AvgIpc) is 2.99. The highest BCUT2D eigenvalue weighted by Gasteiger charge is 2.22. The van der Waals surface area contributed by atoms with E-state index in [-0.39, 0.29) is 0 Å². The summed E-state index contributed by atoms with van der Waals surface area (Å²) >= 11 is 0. The average molecular weight is 206 g/mol. The van der Waals surface area contributed by atoms with Crippen molar-refractivity contribution in [1.82, 2.24) is 0 Å². The van der Waals surface area contributed by atoms with Crippen molar-refractivity contribution in [1.29, 1.82) is 0 Å². The Labute approximate surface area is 90.9 Å². The lowest BCUT2D eigenvalue weighted by Crippen LogP contribution is -2.03. The van der Waals surface area contributed by atoms with Gasteiger partial charge in [0.15, 0.2) is 0 Å². The number of ether oxygens (including phenoxy) is 1. The van der Waals surface area contributed by atoms with Gasteiger partial charge in [0.2, 0.25) is 0 Å². The standard InChI is InChI=1S/C13H18O2/c1-9-3-6-13(12(7-9)10(2)14)15-8-11-4-5-11/h3,6-7,10-11,14H,4-5,8H2,1-2H3/t10-/m0/s1. The summed E-state index contributed by atoms with van der Waals surface area (Å²) in [6.07, 6.45) is 2.12. The summed E-state index contributed by atoms with van der Waals surface area (Å²) in [4.78, 5) is 0. The Morgan fingerprint density at radius 3 is 2.80 bits per heavy atom. The lowest BCUT2D eigenvalue weighted by atomic mass is 10.1. The van der Waals surface area contributed by atoms with Gasteiger partial charge in [0, 0.05) is 5.56 Å². The highest BCUT2D eigenvalue weighted by Crippen LogP contribution is 2.32. The SMILES string of the molecule is Cc1ccc(OCC2CC2)c([C@H](C)O)c1. The zero-order valence-corrected chi connectivity index (χ0v) is 9.36. The van der Waals surface area contributed by atoms with Crippen LogP contribution in [0.3, 0.4) is 0 Å². The molecule has 1 atom stereocenters. The van der Waals surface area contributed by atoms with Gasteiger partial charge in [0.05, 0.1) is 12.7 Å². The first-order valence-electron chi connectivity index (χ1n) is 5.58. The van der Waals surface area contributed by atoms with Crippen LogP contribution < -0.4 is 4.74 Å². The van der Waals surface area contributed by atoms with Crippen LogP contribution in [0.2, 0.25) is 0 Å². The van der Waals surface area contributed by atoms with Gasteiger partial charge in [-0.1, -0.05) is 11.6 Å². The van der Waals surface area contributed by atoms with Crippen molar-refractivity contribution in [2.45, 2.75) is 32.8 Å². The van der Waals surface area contributed by atoms with E-state index in [1.807, 2.05) is 25.1 Å². The molecule has 0 amide bonds. The maximum Gasteiger partial charge on any atom is 0.125 e. The van der Waals surface area contributed by atoms with Crippen LogP contribution in [0.25, 0.3) is 0 Å². The van der Waals surface area contributed by atoms with Gasteiger partial charge in [-0.05, 0) is 44.7 Å². The molecular weight excluding hydrogens is 188 g/mol. The lowest BCUT2D eigenvalue weighted by molar-refractivity contribution is 0.190. The van der Waals surface area contributed by atoms with Gasteiger partial charge in [0.25, 0.3) is 0 Å². The predicted molar refractivity (Wildman–Crippen MR) is 60.0 cm³/mol. The van der Waals surface area contributed by atoms with Crippen LogP contribution in [0.5, 0.6) is 5.75 Å². The molecule has 1 saturated carbocycles. The summed E-state index contributed by atoms with van der Waals surface area (Å²) in [7, 11) is 0. The van der Waals surface area contributed by atoms with E-state index in [0.717, 1.165) is 29.4 Å². The molecule has 1 N–H and O–H groups in total. The van der Waals surface area contributed by atoms with Gasteiger partial charge in [-0.2, -0.15) is 0 Å². The Morgan fingerprint density at radius 2 is 2.20 bits per heavy atom. The maximum atomic E-state index is 9.63. The maximum absolute atomic E-state index is 9.63. The number of aryl methyl sites for hydroxylation is 1. The molecule has 0 heterocycles. The number of aliphatic hydroxyl groups is 1. The molecule has 1 aromatic rings. The summed E-state index contributed by atoms with van der Waals surface area (Å²) < 4.78 is 5.72. The molecule has 2 rings (SSSR count). The Hall–Kier alpha value is -1.02. The van der Waals surface area contributed by atoms with Crippen LogP contribution in [0, 0.1) is 12.8 Å². The highest BCUT2D eigenvalue weighted by molar-refractivity contribution is 5.38. The van der Waals surface area contributed by atoms with Gasteiger partial charge in [-0.15, -0.1) is 0 Å². The molecule has 1 fully saturated rings. The van der Waals surface area contributed by atoms with E-state index in [1.54, 1.807) is 6.92 Å². The van der Waals surface area contributed by atoms with Crippen LogP contribution in [0.1, 0.15) is 37.0 Å². The second kappa shape index (κ2) is 4.23. The number of rotatable bonds is 4. The third-order valence-corrected chi connectivity index (χ3v) is 2.79. The molecule has 82 valence electrons. The van der Waals surface area contributed by atoms with Crippen molar-refractivity contribution in [2.24, 2.45) is 5.92 Å². The Balaban J connectivity index is 2.12. The van der Waals surface area contributed by atoms with E-state index < -0.39 is 6.10 Å². The largest absolute Gasteiger partial charge is 0.493 e. The van der Waals surface area contributed by atoms with Gasteiger partial charge in [-0.25, -0.2) is 0 Å². The van der Waals surface area contributed by atoms with E-state index >= 15 is 0 Å². The van der Waals surface area contributed by atoms with E-state index in [0.29, 0.717) is 0 Å². The molecule has 2 nitrogen and oxygen atoms in total. The minimum atomic E-state index is -0.459. The molecule has 0 radical (unpaired) electrons. The van der Waals surface area contributed by atoms with Crippen molar-refractivity contribution in [3.05, 3.63) is 29.3 Å². The Morgan fingerprint density at radius 1 is 1.47 bits per heavy atom. The van der Waals surface area contributed by atoms with Crippen LogP contribution in [0.4, 0.5) is 0 Å². The molecule has 1 aliphatic carbocycles. The third-order valence-electron chi connectivity index (χ3n) is 2.79. The number of hydrogen-bond acceptors (Lipinski definition) is 2. The summed E-state index contributed by atoms with van der Waals surface area (Å²) in [5.74, 6) is 1.58. The van der Waals surface area contributed by atoms with Crippen molar-refractivity contribution in [3.63, 3.8) is 0 Å². The smallest absolute Gasteiger partial charge is 0.125 e. The van der Waals surface area contributed by atoms with E-state index in [4.69, 9.17) is 4.74 Å². The fourth-order valence-electron chi connectivity index (χ4n) is 1.62. The van der Waals surface area contributed by atoms with E-state index in [2.05, 4.69) is 0 Å². The first kappa shape index (κ1) is 10.5. The number of hydrogen-bond donors (Lipinski definition) is 1. The fourth-order valence-corrected chi connectivity index (χ4v) is 1.62. The Kier molecular flexibility index (Phi) is 2.96. The molecule has 0 spiro atoms. The molecule has 1 aliphatic rings. The molecular formula is C13H18O2. The van der Waals surface area contributed by atoms with Crippen molar-refractivity contribution < 1.29 is 9.84 Å². The summed E-state index contributed by atoms with van der Waals surface area (Å²) in [5, 5.41) is 9.63. The van der Waals surface area contributed by atoms with Gasteiger partial charge in [-0.3, -0.25) is 0 Å². The van der Waals surface area contributed by atoms with Crippen molar-refractivity contribution in [2.75, 3.05) is 6.61 Å². The molecule has 0 saturated heterocycles. The molecule has 2 heteroatoms.